The molecule has 52 heavy (non-hydrogen) atoms. The minimum atomic E-state index is -0.356. The summed E-state index contributed by atoms with van der Waals surface area (Å²) in [6.45, 7) is 5.34. The Morgan fingerprint density at radius 2 is 1.12 bits per heavy atom. The first-order valence-corrected chi connectivity index (χ1v) is 21.9. The molecule has 1 unspecified atom stereocenters. The van der Waals surface area contributed by atoms with Crippen molar-refractivity contribution >= 4 is 17.9 Å². The number of esters is 3. The van der Waals surface area contributed by atoms with Gasteiger partial charge in [-0.2, -0.15) is 0 Å². The average Bonchev–Trinajstić information content (AvgIpc) is 3.13. The monoisotopic (exact) mass is 726 g/mol. The molecule has 0 spiro atoms. The number of carbonyl (C=O) groups excluding carboxylic acids is 3. The van der Waals surface area contributed by atoms with Crippen LogP contribution in [0.2, 0.25) is 0 Å². The van der Waals surface area contributed by atoms with Gasteiger partial charge in [-0.05, 0) is 139 Å². The molecule has 296 valence electrons. The van der Waals surface area contributed by atoms with Crippen molar-refractivity contribution < 1.29 is 28.6 Å². The van der Waals surface area contributed by atoms with E-state index in [-0.39, 0.29) is 43.6 Å². The number of ether oxygens (including phenoxy) is 3. The molecule has 1 heterocycles. The number of rotatable bonds is 28. The second-order valence-electron chi connectivity index (χ2n) is 17.2. The van der Waals surface area contributed by atoms with Crippen molar-refractivity contribution in [3.8, 4) is 0 Å². The predicted molar refractivity (Wildman–Crippen MR) is 210 cm³/mol. The van der Waals surface area contributed by atoms with Gasteiger partial charge < -0.3 is 19.1 Å². The SMILES string of the molecule is CCCCC/C=C\C/C=C\CCCCCCCCC(=O)OCC(COC(=O)CCCC12CC3CC(CC(C3)C1)C2)COC(=O)CCN1CCCCC1. The molecule has 5 rings (SSSR count). The Morgan fingerprint density at radius 1 is 0.615 bits per heavy atom. The zero-order valence-corrected chi connectivity index (χ0v) is 33.1. The van der Waals surface area contributed by atoms with E-state index in [0.717, 1.165) is 75.8 Å². The van der Waals surface area contributed by atoms with Crippen molar-refractivity contribution in [2.24, 2.45) is 29.1 Å². The van der Waals surface area contributed by atoms with E-state index in [4.69, 9.17) is 14.2 Å². The molecule has 0 aromatic rings. The number of unbranched alkanes of at least 4 members (excludes halogenated alkanes) is 9. The molecule has 0 radical (unpaired) electrons. The topological polar surface area (TPSA) is 82.1 Å². The number of piperidine rings is 1. The quantitative estimate of drug-likeness (QED) is 0.0344. The first kappa shape index (κ1) is 42.6. The molecular weight excluding hydrogens is 650 g/mol. The molecule has 1 saturated heterocycles. The van der Waals surface area contributed by atoms with Gasteiger partial charge in [-0.1, -0.05) is 76.2 Å². The fourth-order valence-corrected chi connectivity index (χ4v) is 9.89. The lowest BCUT2D eigenvalue weighted by molar-refractivity contribution is -0.153. The maximum absolute atomic E-state index is 12.8. The van der Waals surface area contributed by atoms with Gasteiger partial charge in [0.25, 0.3) is 0 Å². The molecule has 0 amide bonds. The van der Waals surface area contributed by atoms with Crippen molar-refractivity contribution in [1.29, 1.82) is 0 Å². The summed E-state index contributed by atoms with van der Waals surface area (Å²) in [6, 6.07) is 0. The van der Waals surface area contributed by atoms with E-state index < -0.39 is 0 Å². The Bertz CT molecular complexity index is 1040. The first-order valence-electron chi connectivity index (χ1n) is 21.9. The Hall–Kier alpha value is -2.15. The third kappa shape index (κ3) is 17.3. The highest BCUT2D eigenvalue weighted by Gasteiger charge is 2.50. The lowest BCUT2D eigenvalue weighted by Crippen LogP contribution is -2.45. The molecule has 0 N–H and O–H groups in total. The normalized spacial score (nSPS) is 24.8. The summed E-state index contributed by atoms with van der Waals surface area (Å²) >= 11 is 0. The number of nitrogens with zero attached hydrogens (tertiary/aromatic N) is 1. The van der Waals surface area contributed by atoms with E-state index >= 15 is 0 Å². The van der Waals surface area contributed by atoms with Crippen LogP contribution in [-0.4, -0.2) is 62.3 Å². The molecule has 0 aromatic carbocycles. The minimum Gasteiger partial charge on any atom is -0.465 e. The number of allylic oxidation sites excluding steroid dienone is 4. The van der Waals surface area contributed by atoms with Crippen molar-refractivity contribution in [3.63, 3.8) is 0 Å². The van der Waals surface area contributed by atoms with Crippen LogP contribution in [0.1, 0.15) is 174 Å². The van der Waals surface area contributed by atoms with Crippen LogP contribution < -0.4 is 0 Å². The van der Waals surface area contributed by atoms with Crippen LogP contribution in [0.3, 0.4) is 0 Å². The zero-order chi connectivity index (χ0) is 36.7. The van der Waals surface area contributed by atoms with Gasteiger partial charge in [0, 0.05) is 19.4 Å². The second-order valence-corrected chi connectivity index (χ2v) is 17.2. The van der Waals surface area contributed by atoms with Crippen LogP contribution >= 0.6 is 0 Å². The second kappa shape index (κ2) is 25.0. The van der Waals surface area contributed by atoms with Crippen LogP contribution in [-0.2, 0) is 28.6 Å². The summed E-state index contributed by atoms with van der Waals surface area (Å²) in [5.41, 5.74) is 0.469. The Kier molecular flexibility index (Phi) is 20.5. The van der Waals surface area contributed by atoms with Crippen molar-refractivity contribution in [2.45, 2.75) is 174 Å². The maximum atomic E-state index is 12.8. The molecule has 5 fully saturated rings. The van der Waals surface area contributed by atoms with Gasteiger partial charge in [-0.15, -0.1) is 0 Å². The van der Waals surface area contributed by atoms with Gasteiger partial charge in [0.05, 0.1) is 12.3 Å². The summed E-state index contributed by atoms with van der Waals surface area (Å²) in [5.74, 6) is 1.74. The van der Waals surface area contributed by atoms with E-state index in [2.05, 4.69) is 36.1 Å². The number of likely N-dealkylation sites (tertiary alicyclic amines) is 1. The first-order chi connectivity index (χ1) is 25.4. The zero-order valence-electron chi connectivity index (χ0n) is 33.1. The average molecular weight is 726 g/mol. The van der Waals surface area contributed by atoms with Crippen LogP contribution in [0.25, 0.3) is 0 Å². The standard InChI is InChI=1S/C45H75NO6/c1-2-3-4-5-6-7-8-9-10-11-12-13-14-15-16-18-22-42(47)50-35-41(37-52-44(49)24-28-46-26-19-17-20-27-46)36-51-43(48)23-21-25-45-32-38-29-39(33-45)31-40(30-38)34-45/h6-7,9-10,38-41H,2-5,8,11-37H2,1H3/b7-6-,10-9-. The van der Waals surface area contributed by atoms with Gasteiger partial charge in [0.15, 0.2) is 0 Å². The van der Waals surface area contributed by atoms with Crippen molar-refractivity contribution in [3.05, 3.63) is 24.3 Å². The molecule has 1 atom stereocenters. The lowest BCUT2D eigenvalue weighted by atomic mass is 9.48. The number of hydrogen-bond acceptors (Lipinski definition) is 7. The molecular formula is C45H75NO6. The highest BCUT2D eigenvalue weighted by molar-refractivity contribution is 5.70. The largest absolute Gasteiger partial charge is 0.465 e. The number of carbonyl (C=O) groups is 3. The van der Waals surface area contributed by atoms with Gasteiger partial charge in [-0.25, -0.2) is 0 Å². The van der Waals surface area contributed by atoms with Crippen molar-refractivity contribution in [2.75, 3.05) is 39.5 Å². The molecule has 0 aromatic heterocycles. The predicted octanol–water partition coefficient (Wildman–Crippen LogP) is 10.7. The van der Waals surface area contributed by atoms with Crippen molar-refractivity contribution in [1.82, 2.24) is 4.90 Å². The maximum Gasteiger partial charge on any atom is 0.307 e. The van der Waals surface area contributed by atoms with E-state index in [9.17, 15) is 14.4 Å². The molecule has 5 aliphatic rings. The van der Waals surface area contributed by atoms with Crippen LogP contribution in [0.15, 0.2) is 24.3 Å². The van der Waals surface area contributed by atoms with E-state index in [1.165, 1.54) is 103 Å². The smallest absolute Gasteiger partial charge is 0.307 e. The van der Waals surface area contributed by atoms with Crippen LogP contribution in [0.4, 0.5) is 0 Å². The third-order valence-electron chi connectivity index (χ3n) is 12.4. The fourth-order valence-electron chi connectivity index (χ4n) is 9.89. The molecule has 4 saturated carbocycles. The van der Waals surface area contributed by atoms with E-state index in [1.54, 1.807) is 0 Å². The Labute approximate surface area is 317 Å². The number of hydrogen-bond donors (Lipinski definition) is 0. The van der Waals surface area contributed by atoms with Gasteiger partial charge >= 0.3 is 17.9 Å². The van der Waals surface area contributed by atoms with Gasteiger partial charge in [0.1, 0.15) is 19.8 Å². The lowest BCUT2D eigenvalue weighted by Gasteiger charge is -2.57. The molecule has 4 bridgehead atoms. The summed E-state index contributed by atoms with van der Waals surface area (Å²) < 4.78 is 16.9. The highest BCUT2D eigenvalue weighted by Crippen LogP contribution is 2.61. The highest BCUT2D eigenvalue weighted by atomic mass is 16.6. The molecule has 7 heteroatoms. The summed E-state index contributed by atoms with van der Waals surface area (Å²) in [7, 11) is 0. The molecule has 1 aliphatic heterocycles. The van der Waals surface area contributed by atoms with E-state index in [0.29, 0.717) is 31.2 Å². The molecule has 4 aliphatic carbocycles. The third-order valence-corrected chi connectivity index (χ3v) is 12.4. The summed E-state index contributed by atoms with van der Waals surface area (Å²) in [6.07, 6.45) is 38.3. The van der Waals surface area contributed by atoms with E-state index in [1.807, 2.05) is 0 Å². The molecule has 7 nitrogen and oxygen atoms in total. The van der Waals surface area contributed by atoms with Gasteiger partial charge in [0.2, 0.25) is 0 Å². The Balaban J connectivity index is 1.06. The minimum absolute atomic E-state index is 0.0948. The summed E-state index contributed by atoms with van der Waals surface area (Å²) in [4.78, 5) is 40.3. The van der Waals surface area contributed by atoms with Crippen LogP contribution in [0.5, 0.6) is 0 Å². The Morgan fingerprint density at radius 3 is 1.69 bits per heavy atom. The fraction of sp³-hybridized carbons (Fsp3) is 0.844. The van der Waals surface area contributed by atoms with Gasteiger partial charge in [-0.3, -0.25) is 14.4 Å². The van der Waals surface area contributed by atoms with Crippen LogP contribution in [0, 0.1) is 29.1 Å². The summed E-state index contributed by atoms with van der Waals surface area (Å²) in [5, 5.41) is 0.